The third-order valence-corrected chi connectivity index (χ3v) is 4.54. The van der Waals surface area contributed by atoms with E-state index in [0.29, 0.717) is 31.6 Å². The van der Waals surface area contributed by atoms with Gasteiger partial charge in [0.15, 0.2) is 0 Å². The number of halogens is 1. The summed E-state index contributed by atoms with van der Waals surface area (Å²) in [4.78, 5) is 2.26. The molecule has 2 atom stereocenters. The van der Waals surface area contributed by atoms with E-state index in [1.807, 2.05) is 6.92 Å². The molecule has 1 N–H and O–H groups in total. The van der Waals surface area contributed by atoms with Gasteiger partial charge in [0.25, 0.3) is 0 Å². The number of aryl methyl sites for hydroxylation is 1. The number of hydrogen-bond acceptors (Lipinski definition) is 3. The molecule has 19 heavy (non-hydrogen) atoms. The van der Waals surface area contributed by atoms with Crippen LogP contribution < -0.4 is 0 Å². The third-order valence-electron chi connectivity index (χ3n) is 4.54. The lowest BCUT2D eigenvalue weighted by atomic mass is 9.76. The number of fused-ring (bicyclic) bond motifs is 2. The van der Waals surface area contributed by atoms with Gasteiger partial charge in [-0.25, -0.2) is 4.39 Å². The van der Waals surface area contributed by atoms with Crippen LogP contribution in [0.25, 0.3) is 0 Å². The summed E-state index contributed by atoms with van der Waals surface area (Å²) < 4.78 is 19.6. The molecule has 0 spiro atoms. The lowest BCUT2D eigenvalue weighted by Crippen LogP contribution is -2.59. The minimum atomic E-state index is -1.07. The van der Waals surface area contributed by atoms with Crippen molar-refractivity contribution in [1.29, 1.82) is 0 Å². The van der Waals surface area contributed by atoms with Gasteiger partial charge in [0.2, 0.25) is 0 Å². The molecule has 2 fully saturated rings. The molecule has 1 aromatic rings. The van der Waals surface area contributed by atoms with Crippen LogP contribution in [0.1, 0.15) is 24.0 Å². The molecular weight excluding hydrogens is 245 g/mol. The fraction of sp³-hybridized carbons (Fsp3) is 0.600. The van der Waals surface area contributed by atoms with Crippen LogP contribution in [0, 0.1) is 12.7 Å². The van der Waals surface area contributed by atoms with Gasteiger partial charge in [-0.2, -0.15) is 0 Å². The lowest BCUT2D eigenvalue weighted by Gasteiger charge is -2.50. The zero-order valence-corrected chi connectivity index (χ0v) is 11.4. The maximum atomic E-state index is 14.1. The van der Waals surface area contributed by atoms with E-state index >= 15 is 0 Å². The predicted octanol–water partition coefficient (Wildman–Crippen LogP) is 1.81. The summed E-state index contributed by atoms with van der Waals surface area (Å²) in [5.41, 5.74) is 0.351. The SMILES string of the molecule is Cc1ccc(F)c(C2(O)CC3COCC(C2)N3C)c1. The van der Waals surface area contributed by atoms with Gasteiger partial charge in [0.1, 0.15) is 5.82 Å². The van der Waals surface area contributed by atoms with Crippen LogP contribution in [-0.2, 0) is 10.3 Å². The summed E-state index contributed by atoms with van der Waals surface area (Å²) in [6, 6.07) is 5.29. The predicted molar refractivity (Wildman–Crippen MR) is 70.4 cm³/mol. The molecule has 2 bridgehead atoms. The molecule has 0 aromatic heterocycles. The maximum Gasteiger partial charge on any atom is 0.129 e. The number of piperidine rings is 1. The van der Waals surface area contributed by atoms with Crippen LogP contribution in [0.4, 0.5) is 4.39 Å². The molecule has 104 valence electrons. The molecular formula is C15H20FNO2. The van der Waals surface area contributed by atoms with Crippen LogP contribution in [0.5, 0.6) is 0 Å². The topological polar surface area (TPSA) is 32.7 Å². The standard InChI is InChI=1S/C15H20FNO2/c1-10-3-4-14(16)13(5-10)15(18)6-11-8-19-9-12(7-15)17(11)2/h3-5,11-12,18H,6-9H2,1-2H3. The summed E-state index contributed by atoms with van der Waals surface area (Å²) in [6.07, 6.45) is 1.06. The number of hydrogen-bond donors (Lipinski definition) is 1. The van der Waals surface area contributed by atoms with E-state index in [2.05, 4.69) is 11.9 Å². The van der Waals surface area contributed by atoms with Crippen molar-refractivity contribution >= 4 is 0 Å². The molecule has 0 aliphatic carbocycles. The Kier molecular flexibility index (Phi) is 3.12. The second-order valence-corrected chi connectivity index (χ2v) is 5.93. The average Bonchev–Trinajstić information content (AvgIpc) is 2.34. The van der Waals surface area contributed by atoms with Crippen LogP contribution >= 0.6 is 0 Å². The quantitative estimate of drug-likeness (QED) is 0.840. The van der Waals surface area contributed by atoms with Gasteiger partial charge in [0, 0.05) is 17.6 Å². The lowest BCUT2D eigenvalue weighted by molar-refractivity contribution is -0.138. The van der Waals surface area contributed by atoms with Gasteiger partial charge in [-0.3, -0.25) is 4.90 Å². The first kappa shape index (κ1) is 13.0. The second-order valence-electron chi connectivity index (χ2n) is 5.93. The number of aliphatic hydroxyl groups is 1. The molecule has 3 rings (SSSR count). The van der Waals surface area contributed by atoms with Crippen molar-refractivity contribution in [2.24, 2.45) is 0 Å². The van der Waals surface area contributed by atoms with Gasteiger partial charge < -0.3 is 9.84 Å². The molecule has 2 unspecified atom stereocenters. The number of benzene rings is 1. The molecule has 4 heteroatoms. The van der Waals surface area contributed by atoms with E-state index in [9.17, 15) is 9.50 Å². The van der Waals surface area contributed by atoms with Gasteiger partial charge >= 0.3 is 0 Å². The first-order chi connectivity index (χ1) is 8.99. The third kappa shape index (κ3) is 2.18. The van der Waals surface area contributed by atoms with Crippen molar-refractivity contribution in [2.45, 2.75) is 37.5 Å². The van der Waals surface area contributed by atoms with Crippen molar-refractivity contribution in [1.82, 2.24) is 4.90 Å². The Morgan fingerprint density at radius 3 is 2.58 bits per heavy atom. The molecule has 2 aliphatic heterocycles. The number of rotatable bonds is 1. The van der Waals surface area contributed by atoms with Gasteiger partial charge in [-0.15, -0.1) is 0 Å². The van der Waals surface area contributed by atoms with E-state index in [-0.39, 0.29) is 17.9 Å². The van der Waals surface area contributed by atoms with E-state index in [0.717, 1.165) is 5.56 Å². The number of likely N-dealkylation sites (N-methyl/N-ethyl adjacent to an activating group) is 1. The first-order valence-electron chi connectivity index (χ1n) is 6.78. The van der Waals surface area contributed by atoms with Crippen LogP contribution in [0.3, 0.4) is 0 Å². The highest BCUT2D eigenvalue weighted by Gasteiger charge is 2.46. The second kappa shape index (κ2) is 4.54. The van der Waals surface area contributed by atoms with E-state index in [4.69, 9.17) is 4.74 Å². The molecule has 3 nitrogen and oxygen atoms in total. The van der Waals surface area contributed by atoms with Crippen molar-refractivity contribution < 1.29 is 14.2 Å². The van der Waals surface area contributed by atoms with E-state index < -0.39 is 5.60 Å². The van der Waals surface area contributed by atoms with Crippen LogP contribution in [0.15, 0.2) is 18.2 Å². The maximum absolute atomic E-state index is 14.1. The summed E-state index contributed by atoms with van der Waals surface area (Å²) >= 11 is 0. The summed E-state index contributed by atoms with van der Waals surface area (Å²) in [5.74, 6) is -0.309. The Labute approximate surface area is 113 Å². The Hall–Kier alpha value is -0.970. The Bertz CT molecular complexity index is 477. The van der Waals surface area contributed by atoms with Gasteiger partial charge in [-0.05, 0) is 32.9 Å². The number of ether oxygens (including phenoxy) is 1. The van der Waals surface area contributed by atoms with Crippen LogP contribution in [0.2, 0.25) is 0 Å². The van der Waals surface area contributed by atoms with Gasteiger partial charge in [-0.1, -0.05) is 17.7 Å². The average molecular weight is 265 g/mol. The highest BCUT2D eigenvalue weighted by Crippen LogP contribution is 2.41. The van der Waals surface area contributed by atoms with Crippen molar-refractivity contribution in [3.05, 3.63) is 35.1 Å². The van der Waals surface area contributed by atoms with Crippen molar-refractivity contribution in [3.8, 4) is 0 Å². The van der Waals surface area contributed by atoms with E-state index in [1.165, 1.54) is 6.07 Å². The molecule has 2 heterocycles. The molecule has 0 amide bonds. The number of morpholine rings is 1. The van der Waals surface area contributed by atoms with Gasteiger partial charge in [0.05, 0.1) is 18.8 Å². The minimum absolute atomic E-state index is 0.164. The Balaban J connectivity index is 1.97. The largest absolute Gasteiger partial charge is 0.385 e. The highest BCUT2D eigenvalue weighted by molar-refractivity contribution is 5.30. The first-order valence-corrected chi connectivity index (χ1v) is 6.78. The minimum Gasteiger partial charge on any atom is -0.385 e. The Morgan fingerprint density at radius 1 is 1.32 bits per heavy atom. The molecule has 2 aliphatic rings. The highest BCUT2D eigenvalue weighted by atomic mass is 19.1. The molecule has 2 saturated heterocycles. The zero-order valence-electron chi connectivity index (χ0n) is 11.4. The molecule has 1 aromatic carbocycles. The Morgan fingerprint density at radius 2 is 1.95 bits per heavy atom. The van der Waals surface area contributed by atoms with Crippen molar-refractivity contribution in [2.75, 3.05) is 20.3 Å². The zero-order chi connectivity index (χ0) is 13.6. The fourth-order valence-corrected chi connectivity index (χ4v) is 3.36. The monoisotopic (exact) mass is 265 g/mol. The normalized spacial score (nSPS) is 35.4. The number of nitrogens with zero attached hydrogens (tertiary/aromatic N) is 1. The fourth-order valence-electron chi connectivity index (χ4n) is 3.36. The summed E-state index contributed by atoms with van der Waals surface area (Å²) in [7, 11) is 2.06. The molecule has 0 radical (unpaired) electrons. The summed E-state index contributed by atoms with van der Waals surface area (Å²) in [5, 5.41) is 10.9. The van der Waals surface area contributed by atoms with Crippen molar-refractivity contribution in [3.63, 3.8) is 0 Å². The molecule has 0 saturated carbocycles. The summed E-state index contributed by atoms with van der Waals surface area (Å²) in [6.45, 7) is 3.15. The van der Waals surface area contributed by atoms with E-state index in [1.54, 1.807) is 12.1 Å². The smallest absolute Gasteiger partial charge is 0.129 e. The van der Waals surface area contributed by atoms with Crippen LogP contribution in [-0.4, -0.2) is 42.4 Å².